The number of hydrogen-bond donors (Lipinski definition) is 3. The van der Waals surface area contributed by atoms with Crippen molar-refractivity contribution < 1.29 is 5.11 Å². The zero-order valence-electron chi connectivity index (χ0n) is 9.49. The second-order valence-corrected chi connectivity index (χ2v) is 5.05. The molecule has 3 N–H and O–H groups in total. The van der Waals surface area contributed by atoms with Gasteiger partial charge in [-0.2, -0.15) is 5.10 Å². The maximum absolute atomic E-state index is 9.63. The van der Waals surface area contributed by atoms with Crippen LogP contribution in [0, 0.1) is 5.41 Å². The standard InChI is InChI=1S/C11H19N3O/c1-7(8-5-12-13-6-8)14-9-4-10(15)11(9,2)3/h5-7,9-10,14-15H,4H2,1-3H3,(H,12,13). The van der Waals surface area contributed by atoms with Crippen LogP contribution in [0.1, 0.15) is 38.8 Å². The lowest BCUT2D eigenvalue weighted by molar-refractivity contribution is -0.0754. The SMILES string of the molecule is CC(NC1CC(O)C1(C)C)c1cn[nH]c1. The highest BCUT2D eigenvalue weighted by Crippen LogP contribution is 2.41. The van der Waals surface area contributed by atoms with E-state index in [0.29, 0.717) is 6.04 Å². The van der Waals surface area contributed by atoms with Gasteiger partial charge in [0.2, 0.25) is 0 Å². The molecule has 3 atom stereocenters. The van der Waals surface area contributed by atoms with Crippen molar-refractivity contribution in [2.45, 2.75) is 45.4 Å². The van der Waals surface area contributed by atoms with Crippen molar-refractivity contribution in [3.63, 3.8) is 0 Å². The van der Waals surface area contributed by atoms with Crippen LogP contribution < -0.4 is 5.32 Å². The second kappa shape index (κ2) is 3.61. The Kier molecular flexibility index (Phi) is 2.56. The first kappa shape index (κ1) is 10.6. The molecule has 0 aliphatic heterocycles. The summed E-state index contributed by atoms with van der Waals surface area (Å²) in [7, 11) is 0. The van der Waals surface area contributed by atoms with Crippen LogP contribution in [0.2, 0.25) is 0 Å². The van der Waals surface area contributed by atoms with E-state index in [2.05, 4.69) is 36.3 Å². The van der Waals surface area contributed by atoms with Gasteiger partial charge in [-0.05, 0) is 13.3 Å². The van der Waals surface area contributed by atoms with E-state index in [1.165, 1.54) is 0 Å². The molecule has 84 valence electrons. The Labute approximate surface area is 90.1 Å². The second-order valence-electron chi connectivity index (χ2n) is 5.05. The highest BCUT2D eigenvalue weighted by molar-refractivity contribution is 5.11. The molecule has 0 amide bonds. The minimum atomic E-state index is -0.174. The number of H-pyrrole nitrogens is 1. The Bertz CT molecular complexity index is 321. The molecule has 1 aliphatic rings. The number of aliphatic hydroxyl groups is 1. The van der Waals surface area contributed by atoms with Gasteiger partial charge in [0.05, 0.1) is 12.3 Å². The Hall–Kier alpha value is -0.870. The van der Waals surface area contributed by atoms with Crippen LogP contribution in [-0.2, 0) is 0 Å². The summed E-state index contributed by atoms with van der Waals surface area (Å²) in [4.78, 5) is 0. The van der Waals surface area contributed by atoms with E-state index in [0.717, 1.165) is 12.0 Å². The molecule has 0 aromatic carbocycles. The fourth-order valence-corrected chi connectivity index (χ4v) is 2.08. The Morgan fingerprint density at radius 1 is 1.67 bits per heavy atom. The molecular weight excluding hydrogens is 190 g/mol. The van der Waals surface area contributed by atoms with E-state index in [-0.39, 0.29) is 17.6 Å². The quantitative estimate of drug-likeness (QED) is 0.701. The molecule has 0 saturated heterocycles. The summed E-state index contributed by atoms with van der Waals surface area (Å²) in [6.45, 7) is 6.31. The summed E-state index contributed by atoms with van der Waals surface area (Å²) in [6, 6.07) is 0.665. The van der Waals surface area contributed by atoms with Gasteiger partial charge in [-0.3, -0.25) is 5.10 Å². The highest BCUT2D eigenvalue weighted by Gasteiger charge is 2.47. The minimum absolute atomic E-state index is 0.0159. The number of aromatic amines is 1. The zero-order chi connectivity index (χ0) is 11.1. The van der Waals surface area contributed by atoms with Gasteiger partial charge in [0.25, 0.3) is 0 Å². The summed E-state index contributed by atoms with van der Waals surface area (Å²) in [5.41, 5.74) is 1.14. The van der Waals surface area contributed by atoms with E-state index in [4.69, 9.17) is 0 Å². The van der Waals surface area contributed by atoms with Crippen molar-refractivity contribution >= 4 is 0 Å². The largest absolute Gasteiger partial charge is 0.392 e. The smallest absolute Gasteiger partial charge is 0.0621 e. The van der Waals surface area contributed by atoms with E-state index in [1.807, 2.05) is 12.4 Å². The maximum Gasteiger partial charge on any atom is 0.0621 e. The van der Waals surface area contributed by atoms with Crippen LogP contribution in [0.4, 0.5) is 0 Å². The lowest BCUT2D eigenvalue weighted by atomic mass is 9.64. The molecule has 2 rings (SSSR count). The molecule has 1 fully saturated rings. The Balaban J connectivity index is 1.94. The molecule has 0 radical (unpaired) electrons. The fraction of sp³-hybridized carbons (Fsp3) is 0.727. The molecule has 15 heavy (non-hydrogen) atoms. The Morgan fingerprint density at radius 3 is 2.87 bits per heavy atom. The van der Waals surface area contributed by atoms with Gasteiger partial charge in [-0.15, -0.1) is 0 Å². The van der Waals surface area contributed by atoms with Crippen LogP contribution in [0.25, 0.3) is 0 Å². The molecule has 1 aromatic rings. The summed E-state index contributed by atoms with van der Waals surface area (Å²) in [6.07, 6.45) is 4.40. The van der Waals surface area contributed by atoms with E-state index >= 15 is 0 Å². The zero-order valence-corrected chi connectivity index (χ0v) is 9.49. The Morgan fingerprint density at radius 2 is 2.40 bits per heavy atom. The third-order valence-electron chi connectivity index (χ3n) is 3.69. The summed E-state index contributed by atoms with van der Waals surface area (Å²) < 4.78 is 0. The normalized spacial score (nSPS) is 30.9. The third-order valence-corrected chi connectivity index (χ3v) is 3.69. The first-order valence-electron chi connectivity index (χ1n) is 5.44. The van der Waals surface area contributed by atoms with E-state index in [9.17, 15) is 5.11 Å². The third kappa shape index (κ3) is 1.79. The van der Waals surface area contributed by atoms with Gasteiger partial charge in [-0.1, -0.05) is 13.8 Å². The first-order valence-corrected chi connectivity index (χ1v) is 5.44. The molecule has 0 bridgehead atoms. The lowest BCUT2D eigenvalue weighted by Gasteiger charge is -2.50. The molecule has 3 unspecified atom stereocenters. The molecule has 4 nitrogen and oxygen atoms in total. The predicted molar refractivity (Wildman–Crippen MR) is 58.3 cm³/mol. The molecule has 1 heterocycles. The predicted octanol–water partition coefficient (Wildman–Crippen LogP) is 1.22. The number of nitrogens with one attached hydrogen (secondary N) is 2. The lowest BCUT2D eigenvalue weighted by Crippen LogP contribution is -2.60. The molecule has 1 saturated carbocycles. The van der Waals surface area contributed by atoms with E-state index < -0.39 is 0 Å². The van der Waals surface area contributed by atoms with E-state index in [1.54, 1.807) is 0 Å². The van der Waals surface area contributed by atoms with Crippen LogP contribution in [0.3, 0.4) is 0 Å². The minimum Gasteiger partial charge on any atom is -0.392 e. The summed E-state index contributed by atoms with van der Waals surface area (Å²) in [5.74, 6) is 0. The van der Waals surface area contributed by atoms with Gasteiger partial charge in [0, 0.05) is 29.3 Å². The molecule has 0 spiro atoms. The van der Waals surface area contributed by atoms with Crippen LogP contribution in [-0.4, -0.2) is 27.4 Å². The van der Waals surface area contributed by atoms with Crippen molar-refractivity contribution in [3.05, 3.63) is 18.0 Å². The van der Waals surface area contributed by atoms with Crippen molar-refractivity contribution in [1.82, 2.24) is 15.5 Å². The first-order chi connectivity index (χ1) is 7.01. The van der Waals surface area contributed by atoms with Crippen molar-refractivity contribution in [1.29, 1.82) is 0 Å². The topological polar surface area (TPSA) is 60.9 Å². The highest BCUT2D eigenvalue weighted by atomic mass is 16.3. The van der Waals surface area contributed by atoms with Crippen molar-refractivity contribution in [3.8, 4) is 0 Å². The molecule has 4 heteroatoms. The van der Waals surface area contributed by atoms with Gasteiger partial charge in [0.1, 0.15) is 0 Å². The molecule has 1 aromatic heterocycles. The summed E-state index contributed by atoms with van der Waals surface area (Å²) in [5, 5.41) is 19.9. The number of aromatic nitrogens is 2. The monoisotopic (exact) mass is 209 g/mol. The van der Waals surface area contributed by atoms with Gasteiger partial charge in [0.15, 0.2) is 0 Å². The van der Waals surface area contributed by atoms with Crippen LogP contribution >= 0.6 is 0 Å². The number of rotatable bonds is 3. The number of aliphatic hydroxyl groups excluding tert-OH is 1. The fourth-order valence-electron chi connectivity index (χ4n) is 2.08. The van der Waals surface area contributed by atoms with Crippen molar-refractivity contribution in [2.75, 3.05) is 0 Å². The van der Waals surface area contributed by atoms with Crippen LogP contribution in [0.15, 0.2) is 12.4 Å². The van der Waals surface area contributed by atoms with Crippen molar-refractivity contribution in [2.24, 2.45) is 5.41 Å². The van der Waals surface area contributed by atoms with Gasteiger partial charge in [-0.25, -0.2) is 0 Å². The number of nitrogens with zero attached hydrogens (tertiary/aromatic N) is 1. The van der Waals surface area contributed by atoms with Gasteiger partial charge < -0.3 is 10.4 Å². The average Bonchev–Trinajstić information content (AvgIpc) is 2.70. The van der Waals surface area contributed by atoms with Crippen LogP contribution in [0.5, 0.6) is 0 Å². The molecular formula is C11H19N3O. The average molecular weight is 209 g/mol. The molecule has 1 aliphatic carbocycles. The number of hydrogen-bond acceptors (Lipinski definition) is 3. The summed E-state index contributed by atoms with van der Waals surface area (Å²) >= 11 is 0. The maximum atomic E-state index is 9.63. The van der Waals surface area contributed by atoms with Gasteiger partial charge >= 0.3 is 0 Å².